The third-order valence-corrected chi connectivity index (χ3v) is 4.67. The standard InChI is InChI=1S/C17H20N2O2S/c1-12-3-7-15(22-12)10-19(2)17(20)14-6-8-16(18-9-14)21-11-13-4-5-13/h3,6-9,13H,4-5,10-11H2,1-2H3. The monoisotopic (exact) mass is 316 g/mol. The molecule has 0 aromatic carbocycles. The fourth-order valence-corrected chi connectivity index (χ4v) is 3.12. The van der Waals surface area contributed by atoms with E-state index in [9.17, 15) is 4.79 Å². The Labute approximate surface area is 134 Å². The average molecular weight is 316 g/mol. The van der Waals surface area contributed by atoms with Crippen molar-refractivity contribution in [2.24, 2.45) is 5.92 Å². The molecule has 116 valence electrons. The third-order valence-electron chi connectivity index (χ3n) is 3.68. The molecule has 1 aliphatic rings. The molecule has 0 atom stereocenters. The maximum Gasteiger partial charge on any atom is 0.255 e. The Morgan fingerprint density at radius 1 is 1.36 bits per heavy atom. The van der Waals surface area contributed by atoms with Crippen molar-refractivity contribution in [1.82, 2.24) is 9.88 Å². The lowest BCUT2D eigenvalue weighted by atomic mass is 10.2. The molecule has 4 nitrogen and oxygen atoms in total. The number of pyridine rings is 1. The van der Waals surface area contributed by atoms with Gasteiger partial charge in [-0.2, -0.15) is 0 Å². The Morgan fingerprint density at radius 2 is 2.18 bits per heavy atom. The first kappa shape index (κ1) is 15.0. The van der Waals surface area contributed by atoms with Crippen molar-refractivity contribution in [2.45, 2.75) is 26.3 Å². The molecule has 3 rings (SSSR count). The second-order valence-electron chi connectivity index (χ2n) is 5.81. The molecule has 0 saturated heterocycles. The molecule has 2 heterocycles. The lowest BCUT2D eigenvalue weighted by molar-refractivity contribution is 0.0786. The Hall–Kier alpha value is -1.88. The molecule has 5 heteroatoms. The van der Waals surface area contributed by atoms with Crippen molar-refractivity contribution in [1.29, 1.82) is 0 Å². The molecule has 0 N–H and O–H groups in total. The van der Waals surface area contributed by atoms with Crippen LogP contribution in [-0.2, 0) is 6.54 Å². The number of hydrogen-bond acceptors (Lipinski definition) is 4. The molecular formula is C17H20N2O2S. The average Bonchev–Trinajstić information content (AvgIpc) is 3.27. The molecule has 0 radical (unpaired) electrons. The summed E-state index contributed by atoms with van der Waals surface area (Å²) in [6, 6.07) is 7.70. The Bertz CT molecular complexity index is 647. The number of aromatic nitrogens is 1. The largest absolute Gasteiger partial charge is 0.477 e. The molecular weight excluding hydrogens is 296 g/mol. The molecule has 2 aromatic heterocycles. The van der Waals surface area contributed by atoms with E-state index in [1.54, 1.807) is 34.6 Å². The van der Waals surface area contributed by atoms with Crippen molar-refractivity contribution >= 4 is 17.2 Å². The number of hydrogen-bond donors (Lipinski definition) is 0. The normalized spacial score (nSPS) is 13.9. The van der Waals surface area contributed by atoms with Crippen LogP contribution in [0.3, 0.4) is 0 Å². The number of rotatable bonds is 6. The predicted octanol–water partition coefficient (Wildman–Crippen LogP) is 3.51. The maximum absolute atomic E-state index is 12.4. The summed E-state index contributed by atoms with van der Waals surface area (Å²) >= 11 is 1.72. The van der Waals surface area contributed by atoms with Crippen LogP contribution >= 0.6 is 11.3 Å². The van der Waals surface area contributed by atoms with Crippen LogP contribution < -0.4 is 4.74 Å². The van der Waals surface area contributed by atoms with Crippen LogP contribution in [0.1, 0.15) is 33.0 Å². The van der Waals surface area contributed by atoms with Gasteiger partial charge in [-0.25, -0.2) is 4.98 Å². The van der Waals surface area contributed by atoms with E-state index in [-0.39, 0.29) is 5.91 Å². The van der Waals surface area contributed by atoms with Crippen LogP contribution in [0.4, 0.5) is 0 Å². The van der Waals surface area contributed by atoms with Gasteiger partial charge in [-0.1, -0.05) is 0 Å². The highest BCUT2D eigenvalue weighted by molar-refractivity contribution is 7.11. The molecule has 0 bridgehead atoms. The number of ether oxygens (including phenoxy) is 1. The fraction of sp³-hybridized carbons (Fsp3) is 0.412. The van der Waals surface area contributed by atoms with Crippen molar-refractivity contribution in [3.8, 4) is 5.88 Å². The van der Waals surface area contributed by atoms with E-state index in [1.165, 1.54) is 22.6 Å². The second kappa shape index (κ2) is 6.48. The maximum atomic E-state index is 12.4. The van der Waals surface area contributed by atoms with Crippen LogP contribution in [0.5, 0.6) is 5.88 Å². The topological polar surface area (TPSA) is 42.4 Å². The van der Waals surface area contributed by atoms with Gasteiger partial charge < -0.3 is 9.64 Å². The lowest BCUT2D eigenvalue weighted by Crippen LogP contribution is -2.25. The van der Waals surface area contributed by atoms with Crippen molar-refractivity contribution < 1.29 is 9.53 Å². The molecule has 2 aromatic rings. The number of amides is 1. The third kappa shape index (κ3) is 3.85. The predicted molar refractivity (Wildman–Crippen MR) is 87.3 cm³/mol. The van der Waals surface area contributed by atoms with Gasteiger partial charge in [-0.05, 0) is 43.9 Å². The first-order valence-electron chi connectivity index (χ1n) is 7.51. The van der Waals surface area contributed by atoms with Crippen molar-refractivity contribution in [3.05, 3.63) is 45.8 Å². The van der Waals surface area contributed by atoms with Crippen molar-refractivity contribution in [3.63, 3.8) is 0 Å². The molecule has 0 aliphatic heterocycles. The van der Waals surface area contributed by atoms with Gasteiger partial charge in [0.05, 0.1) is 18.7 Å². The summed E-state index contributed by atoms with van der Waals surface area (Å²) in [6.45, 7) is 3.43. The van der Waals surface area contributed by atoms with E-state index in [1.807, 2.05) is 7.05 Å². The van der Waals surface area contributed by atoms with Gasteiger partial charge in [-0.15, -0.1) is 11.3 Å². The van der Waals surface area contributed by atoms with Gasteiger partial charge in [0.25, 0.3) is 5.91 Å². The van der Waals surface area contributed by atoms with Crippen LogP contribution in [0.25, 0.3) is 0 Å². The van der Waals surface area contributed by atoms with Crippen LogP contribution in [0.15, 0.2) is 30.5 Å². The summed E-state index contributed by atoms with van der Waals surface area (Å²) in [5.74, 6) is 1.27. The summed E-state index contributed by atoms with van der Waals surface area (Å²) in [6.07, 6.45) is 4.11. The summed E-state index contributed by atoms with van der Waals surface area (Å²) in [5.41, 5.74) is 0.592. The van der Waals surface area contributed by atoms with E-state index < -0.39 is 0 Å². The zero-order chi connectivity index (χ0) is 15.5. The number of nitrogens with zero attached hydrogens (tertiary/aromatic N) is 2. The highest BCUT2D eigenvalue weighted by atomic mass is 32.1. The van der Waals surface area contributed by atoms with E-state index in [4.69, 9.17) is 4.74 Å². The molecule has 22 heavy (non-hydrogen) atoms. The first-order valence-corrected chi connectivity index (χ1v) is 8.33. The minimum Gasteiger partial charge on any atom is -0.477 e. The molecule has 0 unspecified atom stereocenters. The zero-order valence-electron chi connectivity index (χ0n) is 12.9. The second-order valence-corrected chi connectivity index (χ2v) is 7.19. The van der Waals surface area contributed by atoms with Crippen molar-refractivity contribution in [2.75, 3.05) is 13.7 Å². The Morgan fingerprint density at radius 3 is 2.77 bits per heavy atom. The van der Waals surface area contributed by atoms with Gasteiger partial charge in [0.15, 0.2) is 0 Å². The van der Waals surface area contributed by atoms with Gasteiger partial charge in [0.1, 0.15) is 0 Å². The minimum atomic E-state index is -0.0210. The van der Waals surface area contributed by atoms with Gasteiger partial charge in [0, 0.05) is 29.1 Å². The fourth-order valence-electron chi connectivity index (χ4n) is 2.18. The van der Waals surface area contributed by atoms with Crippen LogP contribution in [0, 0.1) is 12.8 Å². The molecule has 1 aliphatic carbocycles. The molecule has 1 saturated carbocycles. The lowest BCUT2D eigenvalue weighted by Gasteiger charge is -2.16. The molecule has 1 amide bonds. The molecule has 0 spiro atoms. The molecule has 1 fully saturated rings. The first-order chi connectivity index (χ1) is 10.6. The number of carbonyl (C=O) groups is 1. The van der Waals surface area contributed by atoms with E-state index in [0.29, 0.717) is 23.9 Å². The van der Waals surface area contributed by atoms with E-state index in [0.717, 1.165) is 6.61 Å². The van der Waals surface area contributed by atoms with E-state index >= 15 is 0 Å². The van der Waals surface area contributed by atoms with E-state index in [2.05, 4.69) is 24.0 Å². The summed E-state index contributed by atoms with van der Waals surface area (Å²) in [5, 5.41) is 0. The zero-order valence-corrected chi connectivity index (χ0v) is 13.7. The van der Waals surface area contributed by atoms with Crippen LogP contribution in [-0.4, -0.2) is 29.4 Å². The minimum absolute atomic E-state index is 0.0210. The quantitative estimate of drug-likeness (QED) is 0.819. The van der Waals surface area contributed by atoms with Gasteiger partial charge >= 0.3 is 0 Å². The van der Waals surface area contributed by atoms with Crippen LogP contribution in [0.2, 0.25) is 0 Å². The van der Waals surface area contributed by atoms with Gasteiger partial charge in [-0.3, -0.25) is 4.79 Å². The SMILES string of the molecule is Cc1ccc(CN(C)C(=O)c2ccc(OCC3CC3)nc2)s1. The smallest absolute Gasteiger partial charge is 0.255 e. The Kier molecular flexibility index (Phi) is 4.43. The van der Waals surface area contributed by atoms with Gasteiger partial charge in [0.2, 0.25) is 5.88 Å². The number of carbonyl (C=O) groups excluding carboxylic acids is 1. The summed E-state index contributed by atoms with van der Waals surface area (Å²) in [4.78, 5) is 20.8. The number of aryl methyl sites for hydroxylation is 1. The summed E-state index contributed by atoms with van der Waals surface area (Å²) < 4.78 is 5.59. The highest BCUT2D eigenvalue weighted by Crippen LogP contribution is 2.29. The summed E-state index contributed by atoms with van der Waals surface area (Å²) in [7, 11) is 1.81. The highest BCUT2D eigenvalue weighted by Gasteiger charge is 2.22. The number of thiophene rings is 1. The Balaban J connectivity index is 1.58.